The third-order valence-corrected chi connectivity index (χ3v) is 2.45. The molecule has 1 aliphatic rings. The molecule has 0 aromatic heterocycles. The van der Waals surface area contributed by atoms with Gasteiger partial charge < -0.3 is 15.2 Å². The Bertz CT molecular complexity index is 238. The van der Waals surface area contributed by atoms with E-state index in [1.165, 1.54) is 0 Å². The number of hydrogen-bond donors (Lipinski definition) is 1. The van der Waals surface area contributed by atoms with Crippen LogP contribution >= 0.6 is 0 Å². The average molecular weight is 213 g/mol. The summed E-state index contributed by atoms with van der Waals surface area (Å²) in [6.45, 7) is 1.35. The molecule has 0 fully saturated rings. The van der Waals surface area contributed by atoms with Crippen LogP contribution in [0.15, 0.2) is 11.8 Å². The van der Waals surface area contributed by atoms with Crippen LogP contribution in [0.1, 0.15) is 25.7 Å². The van der Waals surface area contributed by atoms with Gasteiger partial charge in [0, 0.05) is 19.3 Å². The topological polar surface area (TPSA) is 61.5 Å². The van der Waals surface area contributed by atoms with E-state index in [0.29, 0.717) is 19.6 Å². The summed E-state index contributed by atoms with van der Waals surface area (Å²) in [7, 11) is 1.64. The second-order valence-corrected chi connectivity index (χ2v) is 3.72. The van der Waals surface area contributed by atoms with Crippen LogP contribution in [0.5, 0.6) is 0 Å². The lowest BCUT2D eigenvalue weighted by molar-refractivity contribution is -0.117. The van der Waals surface area contributed by atoms with E-state index in [9.17, 15) is 4.79 Å². The van der Waals surface area contributed by atoms with Crippen molar-refractivity contribution in [2.24, 2.45) is 5.73 Å². The maximum absolute atomic E-state index is 11.8. The molecule has 0 aromatic rings. The average Bonchev–Trinajstić information content (AvgIpc) is 2.29. The lowest BCUT2D eigenvalue weighted by Crippen LogP contribution is -2.32. The molecular formula is C11H19NO3. The van der Waals surface area contributed by atoms with Crippen molar-refractivity contribution in [1.29, 1.82) is 0 Å². The molecule has 1 unspecified atom stereocenters. The van der Waals surface area contributed by atoms with Crippen molar-refractivity contribution in [2.45, 2.75) is 31.7 Å². The Morgan fingerprint density at radius 3 is 3.13 bits per heavy atom. The molecule has 0 bridgehead atoms. The number of methoxy groups -OCH3 is 1. The first kappa shape index (κ1) is 12.2. The highest BCUT2D eigenvalue weighted by molar-refractivity contribution is 5.99. The Kier molecular flexibility index (Phi) is 5.36. The van der Waals surface area contributed by atoms with Gasteiger partial charge in [-0.25, -0.2) is 0 Å². The predicted octanol–water partition coefficient (Wildman–Crippen LogP) is 1.00. The van der Waals surface area contributed by atoms with Gasteiger partial charge in [0.25, 0.3) is 0 Å². The first-order chi connectivity index (χ1) is 7.25. The molecule has 1 heterocycles. The van der Waals surface area contributed by atoms with Gasteiger partial charge in [-0.3, -0.25) is 4.79 Å². The Morgan fingerprint density at radius 2 is 2.53 bits per heavy atom. The molecule has 0 aromatic carbocycles. The Morgan fingerprint density at radius 1 is 1.73 bits per heavy atom. The van der Waals surface area contributed by atoms with Gasteiger partial charge in [0.15, 0.2) is 5.78 Å². The number of ether oxygens (including phenoxy) is 2. The van der Waals surface area contributed by atoms with Gasteiger partial charge in [-0.05, 0) is 25.7 Å². The van der Waals surface area contributed by atoms with Crippen LogP contribution in [0.2, 0.25) is 0 Å². The monoisotopic (exact) mass is 213 g/mol. The number of carbonyl (C=O) groups is 1. The molecule has 2 N–H and O–H groups in total. The second kappa shape index (κ2) is 6.58. The van der Waals surface area contributed by atoms with Crippen molar-refractivity contribution < 1.29 is 14.3 Å². The number of carbonyl (C=O) groups excluding carboxylic acids is 1. The molecule has 4 nitrogen and oxygen atoms in total. The lowest BCUT2D eigenvalue weighted by atomic mass is 9.98. The first-order valence-corrected chi connectivity index (χ1v) is 5.35. The van der Waals surface area contributed by atoms with Crippen LogP contribution in [-0.2, 0) is 14.3 Å². The minimum Gasteiger partial charge on any atom is -0.501 e. The molecule has 1 atom stereocenters. The van der Waals surface area contributed by atoms with Crippen LogP contribution in [0.3, 0.4) is 0 Å². The van der Waals surface area contributed by atoms with E-state index in [-0.39, 0.29) is 5.78 Å². The minimum atomic E-state index is -0.409. The van der Waals surface area contributed by atoms with Crippen molar-refractivity contribution in [3.05, 3.63) is 11.8 Å². The van der Waals surface area contributed by atoms with Gasteiger partial charge in [0.05, 0.1) is 18.9 Å². The van der Waals surface area contributed by atoms with E-state index in [1.807, 2.05) is 0 Å². The van der Waals surface area contributed by atoms with Crippen LogP contribution in [0.25, 0.3) is 0 Å². The van der Waals surface area contributed by atoms with E-state index in [4.69, 9.17) is 15.2 Å². The molecule has 4 heteroatoms. The molecule has 0 aliphatic carbocycles. The van der Waals surface area contributed by atoms with Gasteiger partial charge in [-0.2, -0.15) is 0 Å². The Labute approximate surface area is 90.4 Å². The molecule has 1 rings (SSSR count). The van der Waals surface area contributed by atoms with Crippen LogP contribution in [-0.4, -0.2) is 32.1 Å². The highest BCUT2D eigenvalue weighted by Gasteiger charge is 2.19. The number of Topliss-reactive ketones (excluding diaryl/α,β-unsaturated/α-hetero) is 1. The summed E-state index contributed by atoms with van der Waals surface area (Å²) in [5, 5.41) is 0. The normalized spacial score (nSPS) is 17.9. The molecule has 1 aliphatic heterocycles. The largest absolute Gasteiger partial charge is 0.501 e. The van der Waals surface area contributed by atoms with Crippen molar-refractivity contribution in [3.63, 3.8) is 0 Å². The molecule has 86 valence electrons. The third kappa shape index (κ3) is 4.01. The number of hydrogen-bond acceptors (Lipinski definition) is 4. The van der Waals surface area contributed by atoms with Gasteiger partial charge in [-0.15, -0.1) is 0 Å². The van der Waals surface area contributed by atoms with Crippen molar-refractivity contribution >= 4 is 5.78 Å². The van der Waals surface area contributed by atoms with E-state index >= 15 is 0 Å². The van der Waals surface area contributed by atoms with Crippen LogP contribution in [0.4, 0.5) is 0 Å². The van der Waals surface area contributed by atoms with E-state index in [2.05, 4.69) is 0 Å². The standard InChI is InChI=1S/C11H19NO3/c1-14-6-3-5-10(12)11(13)9-4-2-7-15-8-9/h8,10H,2-7,12H2,1H3. The molecule has 0 spiro atoms. The Balaban J connectivity index is 2.34. The summed E-state index contributed by atoms with van der Waals surface area (Å²) >= 11 is 0. The second-order valence-electron chi connectivity index (χ2n) is 3.72. The summed E-state index contributed by atoms with van der Waals surface area (Å²) in [4.78, 5) is 11.8. The van der Waals surface area contributed by atoms with Gasteiger partial charge >= 0.3 is 0 Å². The molecule has 0 saturated carbocycles. The first-order valence-electron chi connectivity index (χ1n) is 5.35. The minimum absolute atomic E-state index is 0.0193. The predicted molar refractivity (Wildman–Crippen MR) is 57.4 cm³/mol. The summed E-state index contributed by atoms with van der Waals surface area (Å²) in [6, 6.07) is -0.409. The fourth-order valence-electron chi connectivity index (χ4n) is 1.56. The van der Waals surface area contributed by atoms with Gasteiger partial charge in [0.1, 0.15) is 0 Å². The maximum Gasteiger partial charge on any atom is 0.178 e. The number of rotatable bonds is 6. The van der Waals surface area contributed by atoms with Gasteiger partial charge in [0.2, 0.25) is 0 Å². The molecular weight excluding hydrogens is 194 g/mol. The maximum atomic E-state index is 11.8. The molecule has 0 saturated heterocycles. The Hall–Kier alpha value is -0.870. The van der Waals surface area contributed by atoms with E-state index < -0.39 is 6.04 Å². The summed E-state index contributed by atoms with van der Waals surface area (Å²) < 4.78 is 10.0. The van der Waals surface area contributed by atoms with Crippen LogP contribution in [0, 0.1) is 0 Å². The van der Waals surface area contributed by atoms with Crippen molar-refractivity contribution in [2.75, 3.05) is 20.3 Å². The third-order valence-electron chi connectivity index (χ3n) is 2.45. The molecule has 0 amide bonds. The lowest BCUT2D eigenvalue weighted by Gasteiger charge is -2.16. The SMILES string of the molecule is COCCCC(N)C(=O)C1=COCCC1. The number of nitrogens with two attached hydrogens (primary N) is 1. The van der Waals surface area contributed by atoms with Crippen molar-refractivity contribution in [1.82, 2.24) is 0 Å². The van der Waals surface area contributed by atoms with E-state index in [0.717, 1.165) is 24.8 Å². The van der Waals surface area contributed by atoms with Gasteiger partial charge in [-0.1, -0.05) is 0 Å². The molecule has 0 radical (unpaired) electrons. The fourth-order valence-corrected chi connectivity index (χ4v) is 1.56. The quantitative estimate of drug-likeness (QED) is 0.669. The smallest absolute Gasteiger partial charge is 0.178 e. The van der Waals surface area contributed by atoms with Crippen LogP contribution < -0.4 is 5.73 Å². The zero-order valence-corrected chi connectivity index (χ0v) is 9.20. The summed E-state index contributed by atoms with van der Waals surface area (Å²) in [6.07, 6.45) is 4.74. The zero-order valence-electron chi connectivity index (χ0n) is 9.20. The zero-order chi connectivity index (χ0) is 11.1. The van der Waals surface area contributed by atoms with Crippen molar-refractivity contribution in [3.8, 4) is 0 Å². The summed E-state index contributed by atoms with van der Waals surface area (Å²) in [5.41, 5.74) is 6.52. The summed E-state index contributed by atoms with van der Waals surface area (Å²) in [5.74, 6) is 0.0193. The molecule has 15 heavy (non-hydrogen) atoms. The fraction of sp³-hybridized carbons (Fsp3) is 0.727. The van der Waals surface area contributed by atoms with E-state index in [1.54, 1.807) is 13.4 Å². The highest BCUT2D eigenvalue weighted by atomic mass is 16.5. The number of ketones is 1. The highest BCUT2D eigenvalue weighted by Crippen LogP contribution is 2.15.